The van der Waals surface area contributed by atoms with E-state index in [4.69, 9.17) is 16.1 Å². The van der Waals surface area contributed by atoms with E-state index < -0.39 is 0 Å². The first-order valence-electron chi connectivity index (χ1n) is 7.61. The fourth-order valence-corrected chi connectivity index (χ4v) is 2.19. The van der Waals surface area contributed by atoms with Gasteiger partial charge in [0.25, 0.3) is 5.91 Å². The number of benzene rings is 1. The summed E-state index contributed by atoms with van der Waals surface area (Å²) in [5.74, 6) is 0.259. The normalized spacial score (nSPS) is 12.9. The maximum Gasteiger partial charge on any atom is 0.281 e. The highest BCUT2D eigenvalue weighted by atomic mass is 35.5. The van der Waals surface area contributed by atoms with Crippen LogP contribution in [0.4, 0.5) is 5.88 Å². The number of rotatable bonds is 5. The third kappa shape index (κ3) is 5.08. The molecule has 0 unspecified atom stereocenters. The minimum atomic E-state index is -0.123. The molecule has 124 valence electrons. The van der Waals surface area contributed by atoms with Gasteiger partial charge in [-0.1, -0.05) is 49.7 Å². The molecular formula is C17H23ClN3O2+. The van der Waals surface area contributed by atoms with Crippen molar-refractivity contribution in [3.05, 3.63) is 46.6 Å². The van der Waals surface area contributed by atoms with Crippen molar-refractivity contribution in [1.82, 2.24) is 5.16 Å². The molecule has 0 spiro atoms. The average molecular weight is 337 g/mol. The number of aromatic nitrogens is 1. The molecule has 0 aliphatic heterocycles. The van der Waals surface area contributed by atoms with Gasteiger partial charge in [-0.15, -0.1) is 0 Å². The van der Waals surface area contributed by atoms with Crippen molar-refractivity contribution in [2.45, 2.75) is 39.2 Å². The number of amides is 1. The van der Waals surface area contributed by atoms with E-state index >= 15 is 0 Å². The Morgan fingerprint density at radius 2 is 2.00 bits per heavy atom. The first kappa shape index (κ1) is 17.5. The van der Waals surface area contributed by atoms with E-state index in [0.717, 1.165) is 11.3 Å². The number of hydrogen-bond acceptors (Lipinski definition) is 3. The standard InChI is InChI=1S/C17H22ClN3O2/c1-11(12-5-7-13(18)8-6-12)19-10-15(22)20-16-9-14(21-23-16)17(2,3)4/h5-9,11,19H,10H2,1-4H3,(H,20,22)/p+1/t11-/m0/s1. The minimum absolute atomic E-state index is 0.109. The third-order valence-electron chi connectivity index (χ3n) is 3.59. The third-order valence-corrected chi connectivity index (χ3v) is 3.85. The van der Waals surface area contributed by atoms with Crippen molar-refractivity contribution in [2.75, 3.05) is 11.9 Å². The molecule has 0 radical (unpaired) electrons. The van der Waals surface area contributed by atoms with E-state index in [-0.39, 0.29) is 17.4 Å². The summed E-state index contributed by atoms with van der Waals surface area (Å²) in [4.78, 5) is 12.0. The lowest BCUT2D eigenvalue weighted by Crippen LogP contribution is -2.86. The fraction of sp³-hybridized carbons (Fsp3) is 0.412. The van der Waals surface area contributed by atoms with Gasteiger partial charge in [0.15, 0.2) is 6.54 Å². The molecular weight excluding hydrogens is 314 g/mol. The summed E-state index contributed by atoms with van der Waals surface area (Å²) in [6.07, 6.45) is 0. The molecule has 3 N–H and O–H groups in total. The Kier molecular flexibility index (Phi) is 5.44. The largest absolute Gasteiger partial charge is 0.338 e. The van der Waals surface area contributed by atoms with Crippen molar-refractivity contribution < 1.29 is 14.6 Å². The van der Waals surface area contributed by atoms with Gasteiger partial charge >= 0.3 is 0 Å². The summed E-state index contributed by atoms with van der Waals surface area (Å²) in [6, 6.07) is 9.56. The van der Waals surface area contributed by atoms with Gasteiger partial charge in [0.2, 0.25) is 5.88 Å². The number of nitrogens with zero attached hydrogens (tertiary/aromatic N) is 1. The Hall–Kier alpha value is -1.85. The zero-order chi connectivity index (χ0) is 17.0. The maximum absolute atomic E-state index is 12.0. The molecule has 0 bridgehead atoms. The van der Waals surface area contributed by atoms with Gasteiger partial charge in [0, 0.05) is 22.1 Å². The number of carbonyl (C=O) groups is 1. The van der Waals surface area contributed by atoms with Crippen molar-refractivity contribution in [3.63, 3.8) is 0 Å². The van der Waals surface area contributed by atoms with Crippen LogP contribution in [0.15, 0.2) is 34.9 Å². The van der Waals surface area contributed by atoms with E-state index in [1.165, 1.54) is 0 Å². The molecule has 1 aromatic heterocycles. The van der Waals surface area contributed by atoms with Crippen LogP contribution < -0.4 is 10.6 Å². The van der Waals surface area contributed by atoms with Crippen LogP contribution in [0.1, 0.15) is 45.0 Å². The van der Waals surface area contributed by atoms with Gasteiger partial charge in [0.1, 0.15) is 6.04 Å². The highest BCUT2D eigenvalue weighted by molar-refractivity contribution is 6.30. The fourth-order valence-electron chi connectivity index (χ4n) is 2.06. The Morgan fingerprint density at radius 1 is 1.35 bits per heavy atom. The summed E-state index contributed by atoms with van der Waals surface area (Å²) in [7, 11) is 0. The number of anilines is 1. The minimum Gasteiger partial charge on any atom is -0.338 e. The lowest BCUT2D eigenvalue weighted by atomic mass is 9.92. The van der Waals surface area contributed by atoms with Crippen LogP contribution in [0.25, 0.3) is 0 Å². The van der Waals surface area contributed by atoms with E-state index in [9.17, 15) is 4.79 Å². The van der Waals surface area contributed by atoms with Crippen molar-refractivity contribution in [3.8, 4) is 0 Å². The topological polar surface area (TPSA) is 71.7 Å². The van der Waals surface area contributed by atoms with Gasteiger partial charge in [-0.3, -0.25) is 10.1 Å². The van der Waals surface area contributed by atoms with Crippen LogP contribution >= 0.6 is 11.6 Å². The monoisotopic (exact) mass is 336 g/mol. The summed E-state index contributed by atoms with van der Waals surface area (Å²) in [6.45, 7) is 8.46. The molecule has 0 aliphatic rings. The van der Waals surface area contributed by atoms with E-state index in [0.29, 0.717) is 17.5 Å². The van der Waals surface area contributed by atoms with Crippen molar-refractivity contribution in [1.29, 1.82) is 0 Å². The molecule has 1 heterocycles. The highest BCUT2D eigenvalue weighted by Crippen LogP contribution is 2.23. The van der Waals surface area contributed by atoms with Crippen LogP contribution in [0, 0.1) is 0 Å². The first-order valence-corrected chi connectivity index (χ1v) is 7.99. The van der Waals surface area contributed by atoms with Gasteiger partial charge in [0.05, 0.1) is 5.69 Å². The quantitative estimate of drug-likeness (QED) is 0.881. The molecule has 1 aromatic carbocycles. The smallest absolute Gasteiger partial charge is 0.281 e. The molecule has 0 fully saturated rings. The zero-order valence-electron chi connectivity index (χ0n) is 13.9. The van der Waals surface area contributed by atoms with E-state index in [1.807, 2.05) is 57.3 Å². The summed E-state index contributed by atoms with van der Waals surface area (Å²) < 4.78 is 5.16. The summed E-state index contributed by atoms with van der Waals surface area (Å²) in [5.41, 5.74) is 1.82. The zero-order valence-corrected chi connectivity index (χ0v) is 14.6. The molecule has 5 nitrogen and oxygen atoms in total. The lowest BCUT2D eigenvalue weighted by molar-refractivity contribution is -0.682. The van der Waals surface area contributed by atoms with Crippen molar-refractivity contribution >= 4 is 23.4 Å². The maximum atomic E-state index is 12.0. The predicted molar refractivity (Wildman–Crippen MR) is 90.5 cm³/mol. The summed E-state index contributed by atoms with van der Waals surface area (Å²) >= 11 is 5.88. The second-order valence-electron chi connectivity index (χ2n) is 6.65. The molecule has 23 heavy (non-hydrogen) atoms. The molecule has 1 atom stereocenters. The lowest BCUT2D eigenvalue weighted by Gasteiger charge is -2.12. The predicted octanol–water partition coefficient (Wildman–Crippen LogP) is 2.89. The number of hydrogen-bond donors (Lipinski definition) is 2. The van der Waals surface area contributed by atoms with Gasteiger partial charge in [-0.2, -0.15) is 0 Å². The SMILES string of the molecule is C[C@H]([NH2+]CC(=O)Nc1cc(C(C)(C)C)no1)c1ccc(Cl)cc1. The van der Waals surface area contributed by atoms with Gasteiger partial charge < -0.3 is 9.84 Å². The van der Waals surface area contributed by atoms with E-state index in [1.54, 1.807) is 6.07 Å². The molecule has 2 rings (SSSR count). The second-order valence-corrected chi connectivity index (χ2v) is 7.09. The molecule has 0 aliphatic carbocycles. The Morgan fingerprint density at radius 3 is 2.57 bits per heavy atom. The number of halogens is 1. The number of nitrogens with one attached hydrogen (secondary N) is 1. The van der Waals surface area contributed by atoms with Gasteiger partial charge in [-0.25, -0.2) is 0 Å². The van der Waals surface area contributed by atoms with Crippen LogP contribution in [0.2, 0.25) is 5.02 Å². The van der Waals surface area contributed by atoms with E-state index in [2.05, 4.69) is 10.5 Å². The number of quaternary nitrogens is 1. The molecule has 1 amide bonds. The Bertz CT molecular complexity index is 659. The molecule has 0 saturated carbocycles. The van der Waals surface area contributed by atoms with Crippen LogP contribution in [0.5, 0.6) is 0 Å². The molecule has 2 aromatic rings. The first-order chi connectivity index (χ1) is 10.8. The highest BCUT2D eigenvalue weighted by Gasteiger charge is 2.20. The van der Waals surface area contributed by atoms with Crippen molar-refractivity contribution in [2.24, 2.45) is 0 Å². The Labute approximate surface area is 141 Å². The summed E-state index contributed by atoms with van der Waals surface area (Å²) in [5, 5.41) is 9.37. The number of carbonyl (C=O) groups excluding carboxylic acids is 1. The van der Waals surface area contributed by atoms with Crippen LogP contribution in [-0.2, 0) is 10.2 Å². The second kappa shape index (κ2) is 7.15. The average Bonchev–Trinajstić information content (AvgIpc) is 2.94. The molecule has 0 saturated heterocycles. The Balaban J connectivity index is 1.85. The van der Waals surface area contributed by atoms with Crippen LogP contribution in [-0.4, -0.2) is 17.6 Å². The number of nitrogens with two attached hydrogens (primary N) is 1. The van der Waals surface area contributed by atoms with Gasteiger partial charge in [-0.05, 0) is 19.1 Å². The van der Waals surface area contributed by atoms with Crippen LogP contribution in [0.3, 0.4) is 0 Å². The molecule has 6 heteroatoms.